The van der Waals surface area contributed by atoms with E-state index in [1.165, 1.54) is 22.9 Å². The highest BCUT2D eigenvalue weighted by atomic mass is 32.2. The highest BCUT2D eigenvalue weighted by Gasteiger charge is 2.07. The molecule has 3 aromatic rings. The van der Waals surface area contributed by atoms with Crippen LogP contribution < -0.4 is 10.6 Å². The maximum absolute atomic E-state index is 12.5. The van der Waals surface area contributed by atoms with E-state index in [0.717, 1.165) is 16.1 Å². The number of hydrogen-bond acceptors (Lipinski definition) is 3. The molecule has 0 fully saturated rings. The van der Waals surface area contributed by atoms with E-state index in [1.54, 1.807) is 23.9 Å². The molecule has 0 aliphatic rings. The highest BCUT2D eigenvalue weighted by Crippen LogP contribution is 2.29. The lowest BCUT2D eigenvalue weighted by molar-refractivity contribution is -0.119. The molecule has 5 heteroatoms. The minimum Gasteiger partial charge on any atom is -0.352 e. The minimum atomic E-state index is -0.161. The molecule has 3 aromatic carbocycles. The number of benzene rings is 3. The SMILES string of the molecule is CC(=O)NCc1ccc(C(=O)Nc2ccc(Sc3ccc(C)c(C)c3)cc2)cc1. The molecule has 0 aliphatic carbocycles. The van der Waals surface area contributed by atoms with Gasteiger partial charge in [0.15, 0.2) is 0 Å². The van der Waals surface area contributed by atoms with Crippen molar-refractivity contribution >= 4 is 29.3 Å². The Hall–Kier alpha value is -3.05. The van der Waals surface area contributed by atoms with Crippen LogP contribution in [0, 0.1) is 13.8 Å². The fraction of sp³-hybridized carbons (Fsp3) is 0.167. The van der Waals surface area contributed by atoms with Gasteiger partial charge in [0, 0.05) is 34.5 Å². The molecule has 0 heterocycles. The van der Waals surface area contributed by atoms with Crippen molar-refractivity contribution < 1.29 is 9.59 Å². The molecule has 0 unspecified atom stereocenters. The number of hydrogen-bond donors (Lipinski definition) is 2. The monoisotopic (exact) mass is 404 g/mol. The summed E-state index contributed by atoms with van der Waals surface area (Å²) < 4.78 is 0. The molecule has 0 atom stereocenters. The number of rotatable bonds is 6. The van der Waals surface area contributed by atoms with Crippen LogP contribution in [0.3, 0.4) is 0 Å². The minimum absolute atomic E-state index is 0.0778. The van der Waals surface area contributed by atoms with E-state index in [-0.39, 0.29) is 11.8 Å². The van der Waals surface area contributed by atoms with Gasteiger partial charge >= 0.3 is 0 Å². The maximum atomic E-state index is 12.5. The Bertz CT molecular complexity index is 1010. The molecule has 29 heavy (non-hydrogen) atoms. The average molecular weight is 405 g/mol. The van der Waals surface area contributed by atoms with E-state index < -0.39 is 0 Å². The Labute approximate surface area is 175 Å². The smallest absolute Gasteiger partial charge is 0.255 e. The van der Waals surface area contributed by atoms with Crippen LogP contribution >= 0.6 is 11.8 Å². The molecule has 0 radical (unpaired) electrons. The topological polar surface area (TPSA) is 58.2 Å². The van der Waals surface area contributed by atoms with Crippen molar-refractivity contribution in [3.05, 3.63) is 89.0 Å². The first-order valence-electron chi connectivity index (χ1n) is 9.40. The largest absolute Gasteiger partial charge is 0.352 e. The molecule has 0 aromatic heterocycles. The standard InChI is InChI=1S/C24H24N2O2S/c1-16-4-11-23(14-17(16)2)29-22-12-9-21(10-13-22)26-24(28)20-7-5-19(6-8-20)15-25-18(3)27/h4-14H,15H2,1-3H3,(H,25,27)(H,26,28). The van der Waals surface area contributed by atoms with Crippen LogP contribution in [-0.2, 0) is 11.3 Å². The molecule has 0 spiro atoms. The first-order chi connectivity index (χ1) is 13.9. The fourth-order valence-corrected chi connectivity index (χ4v) is 3.64. The molecule has 0 aliphatic heterocycles. The fourth-order valence-electron chi connectivity index (χ4n) is 2.72. The van der Waals surface area contributed by atoms with E-state index in [0.29, 0.717) is 12.1 Å². The molecule has 4 nitrogen and oxygen atoms in total. The molecule has 0 saturated carbocycles. The predicted molar refractivity (Wildman–Crippen MR) is 118 cm³/mol. The zero-order valence-corrected chi connectivity index (χ0v) is 17.6. The molecule has 2 N–H and O–H groups in total. The molecular formula is C24H24N2O2S. The number of carbonyl (C=O) groups excluding carboxylic acids is 2. The van der Waals surface area contributed by atoms with Gasteiger partial charge in [-0.1, -0.05) is 30.0 Å². The summed E-state index contributed by atoms with van der Waals surface area (Å²) >= 11 is 1.70. The van der Waals surface area contributed by atoms with Gasteiger partial charge in [-0.25, -0.2) is 0 Å². The highest BCUT2D eigenvalue weighted by molar-refractivity contribution is 7.99. The zero-order chi connectivity index (χ0) is 20.8. The normalized spacial score (nSPS) is 10.4. The van der Waals surface area contributed by atoms with Gasteiger partial charge in [0.05, 0.1) is 0 Å². The quantitative estimate of drug-likeness (QED) is 0.583. The number of amides is 2. The van der Waals surface area contributed by atoms with E-state index in [4.69, 9.17) is 0 Å². The van der Waals surface area contributed by atoms with Crippen LogP contribution in [0.1, 0.15) is 34.0 Å². The molecule has 2 amide bonds. The first kappa shape index (κ1) is 20.7. The summed E-state index contributed by atoms with van der Waals surface area (Å²) in [5, 5.41) is 5.65. The van der Waals surface area contributed by atoms with Crippen molar-refractivity contribution in [3.63, 3.8) is 0 Å². The van der Waals surface area contributed by atoms with Gasteiger partial charge in [-0.15, -0.1) is 0 Å². The number of carbonyl (C=O) groups is 2. The van der Waals surface area contributed by atoms with Gasteiger partial charge in [0.1, 0.15) is 0 Å². The lowest BCUT2D eigenvalue weighted by Gasteiger charge is -2.08. The van der Waals surface area contributed by atoms with Crippen LogP contribution in [0.2, 0.25) is 0 Å². The van der Waals surface area contributed by atoms with E-state index in [1.807, 2.05) is 36.4 Å². The van der Waals surface area contributed by atoms with Crippen molar-refractivity contribution in [1.82, 2.24) is 5.32 Å². The Morgan fingerprint density at radius 1 is 0.828 bits per heavy atom. The summed E-state index contributed by atoms with van der Waals surface area (Å²) in [4.78, 5) is 25.7. The summed E-state index contributed by atoms with van der Waals surface area (Å²) in [6, 6.07) is 21.5. The summed E-state index contributed by atoms with van der Waals surface area (Å²) in [5.41, 5.74) is 4.84. The van der Waals surface area contributed by atoms with Gasteiger partial charge in [-0.3, -0.25) is 9.59 Å². The van der Waals surface area contributed by atoms with Gasteiger partial charge in [0.2, 0.25) is 5.91 Å². The van der Waals surface area contributed by atoms with Crippen molar-refractivity contribution in [2.24, 2.45) is 0 Å². The third-order valence-corrected chi connectivity index (χ3v) is 5.58. The average Bonchev–Trinajstić information content (AvgIpc) is 2.71. The third kappa shape index (κ3) is 5.96. The van der Waals surface area contributed by atoms with Gasteiger partial charge in [-0.05, 0) is 79.1 Å². The lowest BCUT2D eigenvalue weighted by Crippen LogP contribution is -2.19. The van der Waals surface area contributed by atoms with Crippen molar-refractivity contribution in [2.75, 3.05) is 5.32 Å². The molecule has 148 valence electrons. The van der Waals surface area contributed by atoms with Crippen LogP contribution in [0.5, 0.6) is 0 Å². The Balaban J connectivity index is 1.59. The van der Waals surface area contributed by atoms with Crippen LogP contribution in [-0.4, -0.2) is 11.8 Å². The summed E-state index contributed by atoms with van der Waals surface area (Å²) in [6.07, 6.45) is 0. The Kier molecular flexibility index (Phi) is 6.73. The van der Waals surface area contributed by atoms with E-state index >= 15 is 0 Å². The van der Waals surface area contributed by atoms with Gasteiger partial charge in [-0.2, -0.15) is 0 Å². The Morgan fingerprint density at radius 3 is 2.10 bits per heavy atom. The summed E-state index contributed by atoms with van der Waals surface area (Å²) in [5.74, 6) is -0.239. The number of aryl methyl sites for hydroxylation is 2. The van der Waals surface area contributed by atoms with Crippen LogP contribution in [0.4, 0.5) is 5.69 Å². The lowest BCUT2D eigenvalue weighted by atomic mass is 10.1. The maximum Gasteiger partial charge on any atom is 0.255 e. The first-order valence-corrected chi connectivity index (χ1v) is 10.2. The molecule has 3 rings (SSSR count). The number of nitrogens with one attached hydrogen (secondary N) is 2. The van der Waals surface area contributed by atoms with E-state index in [9.17, 15) is 9.59 Å². The second-order valence-electron chi connectivity index (χ2n) is 6.93. The summed E-state index contributed by atoms with van der Waals surface area (Å²) in [7, 11) is 0. The van der Waals surface area contributed by atoms with Crippen molar-refractivity contribution in [3.8, 4) is 0 Å². The molecular weight excluding hydrogens is 380 g/mol. The van der Waals surface area contributed by atoms with Crippen molar-refractivity contribution in [2.45, 2.75) is 37.1 Å². The second-order valence-corrected chi connectivity index (χ2v) is 8.08. The molecule has 0 bridgehead atoms. The van der Waals surface area contributed by atoms with Crippen LogP contribution in [0.25, 0.3) is 0 Å². The Morgan fingerprint density at radius 2 is 1.48 bits per heavy atom. The predicted octanol–water partition coefficient (Wildman–Crippen LogP) is 5.34. The number of anilines is 1. The van der Waals surface area contributed by atoms with Gasteiger partial charge < -0.3 is 10.6 Å². The summed E-state index contributed by atoms with van der Waals surface area (Å²) in [6.45, 7) is 6.16. The van der Waals surface area contributed by atoms with E-state index in [2.05, 4.69) is 42.7 Å². The van der Waals surface area contributed by atoms with Gasteiger partial charge in [0.25, 0.3) is 5.91 Å². The third-order valence-electron chi connectivity index (χ3n) is 4.58. The molecule has 0 saturated heterocycles. The van der Waals surface area contributed by atoms with Crippen LogP contribution in [0.15, 0.2) is 76.5 Å². The second kappa shape index (κ2) is 9.43. The zero-order valence-electron chi connectivity index (χ0n) is 16.8. The van der Waals surface area contributed by atoms with Crippen molar-refractivity contribution in [1.29, 1.82) is 0 Å².